The third-order valence-electron chi connectivity index (χ3n) is 5.09. The van der Waals surface area contributed by atoms with Gasteiger partial charge in [-0.15, -0.1) is 0 Å². The van der Waals surface area contributed by atoms with Crippen molar-refractivity contribution < 1.29 is 24.5 Å². The van der Waals surface area contributed by atoms with Crippen molar-refractivity contribution in [1.82, 2.24) is 5.32 Å². The summed E-state index contributed by atoms with van der Waals surface area (Å²) in [4.78, 5) is 23.7. The number of amides is 1. The molecule has 148 valence electrons. The zero-order valence-corrected chi connectivity index (χ0v) is 16.2. The van der Waals surface area contributed by atoms with Gasteiger partial charge in [0.15, 0.2) is 6.04 Å². The number of rotatable bonds is 5. The van der Waals surface area contributed by atoms with Gasteiger partial charge in [0.05, 0.1) is 6.10 Å². The van der Waals surface area contributed by atoms with Crippen molar-refractivity contribution in [2.75, 3.05) is 6.61 Å². The minimum atomic E-state index is -1.45. The fourth-order valence-corrected chi connectivity index (χ4v) is 3.54. The first-order chi connectivity index (χ1) is 13.2. The maximum absolute atomic E-state index is 12.3. The number of aliphatic hydroxyl groups is 1. The molecule has 3 N–H and O–H groups in total. The van der Waals surface area contributed by atoms with E-state index in [1.54, 1.807) is 20.8 Å². The maximum atomic E-state index is 12.3. The first kappa shape index (κ1) is 19.9. The Bertz CT molecular complexity index is 841. The highest BCUT2D eigenvalue weighted by atomic mass is 16.5. The number of aliphatic hydroxyl groups excluding tert-OH is 1. The number of carbonyl (C=O) groups excluding carboxylic acids is 1. The van der Waals surface area contributed by atoms with Crippen molar-refractivity contribution in [2.45, 2.75) is 38.8 Å². The Balaban J connectivity index is 1.72. The summed E-state index contributed by atoms with van der Waals surface area (Å²) in [7, 11) is 0. The van der Waals surface area contributed by atoms with Gasteiger partial charge < -0.3 is 20.3 Å². The molecule has 0 heterocycles. The van der Waals surface area contributed by atoms with Crippen LogP contribution in [0.5, 0.6) is 0 Å². The van der Waals surface area contributed by atoms with Gasteiger partial charge in [-0.05, 0) is 27.7 Å². The third kappa shape index (κ3) is 3.87. The van der Waals surface area contributed by atoms with Crippen molar-refractivity contribution in [2.24, 2.45) is 5.41 Å². The highest BCUT2D eigenvalue weighted by Gasteiger charge is 2.37. The number of nitrogens with one attached hydrogen (secondary N) is 1. The van der Waals surface area contributed by atoms with Crippen molar-refractivity contribution in [3.05, 3.63) is 59.7 Å². The van der Waals surface area contributed by atoms with Gasteiger partial charge >= 0.3 is 12.1 Å². The van der Waals surface area contributed by atoms with Crippen LogP contribution in [0.15, 0.2) is 48.5 Å². The summed E-state index contributed by atoms with van der Waals surface area (Å²) in [6, 6.07) is 14.5. The second kappa shape index (κ2) is 7.64. The summed E-state index contributed by atoms with van der Waals surface area (Å²) in [5, 5.41) is 21.9. The zero-order chi connectivity index (χ0) is 20.5. The molecular weight excluding hydrogens is 358 g/mol. The summed E-state index contributed by atoms with van der Waals surface area (Å²) < 4.78 is 5.36. The lowest BCUT2D eigenvalue weighted by Crippen LogP contribution is -2.53. The van der Waals surface area contributed by atoms with E-state index < -0.39 is 29.6 Å². The Hall–Kier alpha value is -2.86. The van der Waals surface area contributed by atoms with Crippen LogP contribution in [-0.2, 0) is 9.53 Å². The van der Waals surface area contributed by atoms with Gasteiger partial charge in [-0.25, -0.2) is 9.59 Å². The van der Waals surface area contributed by atoms with Crippen LogP contribution in [0.25, 0.3) is 11.1 Å². The average Bonchev–Trinajstić information content (AvgIpc) is 2.97. The van der Waals surface area contributed by atoms with Crippen LogP contribution in [-0.4, -0.2) is 41.0 Å². The largest absolute Gasteiger partial charge is 0.480 e. The molecule has 0 saturated heterocycles. The molecule has 6 heteroatoms. The van der Waals surface area contributed by atoms with Gasteiger partial charge in [0, 0.05) is 5.92 Å². The van der Waals surface area contributed by atoms with Crippen LogP contribution in [0, 0.1) is 5.41 Å². The number of hydrogen-bond acceptors (Lipinski definition) is 4. The van der Waals surface area contributed by atoms with Crippen LogP contribution in [0.1, 0.15) is 37.8 Å². The Morgan fingerprint density at radius 1 is 1.04 bits per heavy atom. The summed E-state index contributed by atoms with van der Waals surface area (Å²) in [6.07, 6.45) is -2.12. The molecule has 1 amide bonds. The van der Waals surface area contributed by atoms with E-state index in [2.05, 4.69) is 5.32 Å². The van der Waals surface area contributed by atoms with Crippen molar-refractivity contribution in [3.63, 3.8) is 0 Å². The predicted molar refractivity (Wildman–Crippen MR) is 105 cm³/mol. The number of hydrogen-bond donors (Lipinski definition) is 3. The van der Waals surface area contributed by atoms with Crippen molar-refractivity contribution in [1.29, 1.82) is 0 Å². The average molecular weight is 383 g/mol. The Kier molecular flexibility index (Phi) is 5.42. The molecule has 6 nitrogen and oxygen atoms in total. The number of ether oxygens (including phenoxy) is 1. The van der Waals surface area contributed by atoms with E-state index in [1.165, 1.54) is 0 Å². The van der Waals surface area contributed by atoms with Gasteiger partial charge in [-0.1, -0.05) is 69.3 Å². The van der Waals surface area contributed by atoms with E-state index in [-0.39, 0.29) is 12.5 Å². The van der Waals surface area contributed by atoms with E-state index in [0.29, 0.717) is 0 Å². The third-order valence-corrected chi connectivity index (χ3v) is 5.09. The molecule has 2 atom stereocenters. The fourth-order valence-electron chi connectivity index (χ4n) is 3.54. The summed E-state index contributed by atoms with van der Waals surface area (Å²) >= 11 is 0. The molecule has 0 saturated carbocycles. The highest BCUT2D eigenvalue weighted by molar-refractivity contribution is 5.81. The Labute approximate surface area is 164 Å². The molecule has 3 rings (SSSR count). The molecular formula is C22H25NO5. The van der Waals surface area contributed by atoms with Crippen LogP contribution in [0.4, 0.5) is 4.79 Å². The zero-order valence-electron chi connectivity index (χ0n) is 16.2. The normalized spacial score (nSPS) is 15.3. The minimum Gasteiger partial charge on any atom is -0.480 e. The van der Waals surface area contributed by atoms with E-state index in [9.17, 15) is 19.8 Å². The summed E-state index contributed by atoms with van der Waals surface area (Å²) in [6.45, 7) is 5.19. The lowest BCUT2D eigenvalue weighted by atomic mass is 9.84. The van der Waals surface area contributed by atoms with Crippen LogP contribution >= 0.6 is 0 Å². The molecule has 0 fully saturated rings. The van der Waals surface area contributed by atoms with E-state index in [4.69, 9.17) is 4.74 Å². The monoisotopic (exact) mass is 383 g/mol. The number of fused-ring (bicyclic) bond motifs is 3. The SMILES string of the molecule is CC(C)(C)C(O)C(NC(=O)OCC1c2ccccc2-c2ccccc21)C(=O)O. The number of benzene rings is 2. The lowest BCUT2D eigenvalue weighted by molar-refractivity contribution is -0.144. The predicted octanol–water partition coefficient (Wildman–Crippen LogP) is 3.39. The van der Waals surface area contributed by atoms with Crippen LogP contribution < -0.4 is 5.32 Å². The first-order valence-corrected chi connectivity index (χ1v) is 9.22. The van der Waals surface area contributed by atoms with Crippen LogP contribution in [0.2, 0.25) is 0 Å². The Morgan fingerprint density at radius 3 is 2.00 bits per heavy atom. The van der Waals surface area contributed by atoms with E-state index in [0.717, 1.165) is 22.3 Å². The maximum Gasteiger partial charge on any atom is 0.407 e. The number of aliphatic carboxylic acids is 1. The lowest BCUT2D eigenvalue weighted by Gasteiger charge is -2.30. The summed E-state index contributed by atoms with van der Waals surface area (Å²) in [5.74, 6) is -1.43. The van der Waals surface area contributed by atoms with Crippen LogP contribution in [0.3, 0.4) is 0 Å². The fraction of sp³-hybridized carbons (Fsp3) is 0.364. The number of alkyl carbamates (subject to hydrolysis) is 1. The van der Waals surface area contributed by atoms with Gasteiger partial charge in [0.1, 0.15) is 6.61 Å². The van der Waals surface area contributed by atoms with Gasteiger partial charge in [-0.3, -0.25) is 0 Å². The van der Waals surface area contributed by atoms with Crippen molar-refractivity contribution in [3.8, 4) is 11.1 Å². The molecule has 0 bridgehead atoms. The number of carboxylic acid groups (broad SMARTS) is 1. The molecule has 2 aromatic carbocycles. The van der Waals surface area contributed by atoms with Crippen molar-refractivity contribution >= 4 is 12.1 Å². The van der Waals surface area contributed by atoms with Gasteiger partial charge in [0.2, 0.25) is 0 Å². The summed E-state index contributed by atoms with van der Waals surface area (Å²) in [5.41, 5.74) is 3.65. The van der Waals surface area contributed by atoms with Gasteiger partial charge in [0.25, 0.3) is 0 Å². The molecule has 0 aromatic heterocycles. The standard InChI is InChI=1S/C22H25NO5/c1-22(2,3)19(24)18(20(25)26)23-21(27)28-12-17-15-10-6-4-8-13(15)14-9-5-7-11-16(14)17/h4-11,17-19,24H,12H2,1-3H3,(H,23,27)(H,25,26). The Morgan fingerprint density at radius 2 is 1.54 bits per heavy atom. The van der Waals surface area contributed by atoms with E-state index >= 15 is 0 Å². The molecule has 2 unspecified atom stereocenters. The minimum absolute atomic E-state index is 0.0812. The molecule has 0 radical (unpaired) electrons. The molecule has 0 spiro atoms. The second-order valence-electron chi connectivity index (χ2n) is 8.10. The highest BCUT2D eigenvalue weighted by Crippen LogP contribution is 2.44. The number of carbonyl (C=O) groups is 2. The second-order valence-corrected chi connectivity index (χ2v) is 8.10. The topological polar surface area (TPSA) is 95.9 Å². The molecule has 1 aliphatic carbocycles. The molecule has 28 heavy (non-hydrogen) atoms. The smallest absolute Gasteiger partial charge is 0.407 e. The molecule has 2 aromatic rings. The van der Waals surface area contributed by atoms with Gasteiger partial charge in [-0.2, -0.15) is 0 Å². The van der Waals surface area contributed by atoms with E-state index in [1.807, 2.05) is 48.5 Å². The number of carboxylic acids is 1. The first-order valence-electron chi connectivity index (χ1n) is 9.22. The molecule has 0 aliphatic heterocycles. The molecule has 1 aliphatic rings. The quantitative estimate of drug-likeness (QED) is 0.736.